The Balaban J connectivity index is 1.44. The predicted octanol–water partition coefficient (Wildman–Crippen LogP) is 8.29. The van der Waals surface area contributed by atoms with Crippen molar-refractivity contribution in [2.45, 2.75) is 94.7 Å². The van der Waals surface area contributed by atoms with Gasteiger partial charge in [-0.25, -0.2) is 9.98 Å². The van der Waals surface area contributed by atoms with Crippen molar-refractivity contribution >= 4 is 44.4 Å². The molecule has 1 fully saturated rings. The number of nitrogens with zero attached hydrogens (tertiary/aromatic N) is 3. The molecule has 5 rings (SSSR count). The van der Waals surface area contributed by atoms with Crippen LogP contribution >= 0.6 is 27.7 Å². The van der Waals surface area contributed by atoms with Gasteiger partial charge in [0.25, 0.3) is 0 Å². The van der Waals surface area contributed by atoms with Gasteiger partial charge in [-0.1, -0.05) is 52.8 Å². The normalized spacial score (nSPS) is 25.3. The highest BCUT2D eigenvalue weighted by Crippen LogP contribution is 2.39. The van der Waals surface area contributed by atoms with Gasteiger partial charge in [-0.3, -0.25) is 0 Å². The highest BCUT2D eigenvalue weighted by molar-refractivity contribution is 9.10. The van der Waals surface area contributed by atoms with Crippen LogP contribution in [0.15, 0.2) is 68.7 Å². The van der Waals surface area contributed by atoms with Crippen molar-refractivity contribution < 1.29 is 5.11 Å². The van der Waals surface area contributed by atoms with E-state index in [4.69, 9.17) is 9.98 Å². The first kappa shape index (κ1) is 26.5. The minimum Gasteiger partial charge on any atom is -0.393 e. The third-order valence-electron chi connectivity index (χ3n) is 7.55. The summed E-state index contributed by atoms with van der Waals surface area (Å²) in [4.78, 5) is 13.7. The van der Waals surface area contributed by atoms with Crippen molar-refractivity contribution in [1.82, 2.24) is 9.88 Å². The van der Waals surface area contributed by atoms with Gasteiger partial charge >= 0.3 is 0 Å². The molecule has 0 radical (unpaired) electrons. The van der Waals surface area contributed by atoms with Crippen molar-refractivity contribution in [3.63, 3.8) is 0 Å². The number of thioether (sulfide) groups is 1. The summed E-state index contributed by atoms with van der Waals surface area (Å²) in [5.74, 6) is 2.16. The van der Waals surface area contributed by atoms with Crippen molar-refractivity contribution in [3.05, 3.63) is 70.0 Å². The lowest BCUT2D eigenvalue weighted by atomic mass is 9.93. The van der Waals surface area contributed by atoms with Crippen LogP contribution in [-0.4, -0.2) is 32.2 Å². The molecule has 0 spiro atoms. The molecule has 1 atom stereocenters. The Hall–Kier alpha value is -2.09. The maximum absolute atomic E-state index is 9.94. The van der Waals surface area contributed by atoms with Crippen LogP contribution in [0.2, 0.25) is 0 Å². The first-order valence-electron chi connectivity index (χ1n) is 13.5. The summed E-state index contributed by atoms with van der Waals surface area (Å²) in [5, 5.41) is 14.7. The highest BCUT2D eigenvalue weighted by atomic mass is 79.9. The minimum atomic E-state index is -0.165. The number of anilines is 1. The molecule has 2 aromatic rings. The molecule has 196 valence electrons. The fourth-order valence-electron chi connectivity index (χ4n) is 5.31. The van der Waals surface area contributed by atoms with E-state index in [1.165, 1.54) is 21.7 Å². The number of hydrogen-bond donors (Lipinski definition) is 2. The zero-order valence-corrected chi connectivity index (χ0v) is 24.2. The van der Waals surface area contributed by atoms with Crippen LogP contribution in [-0.2, 0) is 6.54 Å². The third-order valence-corrected chi connectivity index (χ3v) is 9.15. The number of nitrogens with one attached hydrogen (secondary N) is 1. The quantitative estimate of drug-likeness (QED) is 0.372. The number of benzene rings is 1. The number of aliphatic hydroxyl groups is 1. The van der Waals surface area contributed by atoms with Crippen LogP contribution in [0.4, 0.5) is 11.6 Å². The van der Waals surface area contributed by atoms with Gasteiger partial charge in [0.05, 0.1) is 11.1 Å². The molecule has 0 bridgehead atoms. The number of rotatable bonds is 5. The molecule has 0 amide bonds. The first-order valence-corrected chi connectivity index (χ1v) is 15.1. The molecule has 37 heavy (non-hydrogen) atoms. The Morgan fingerprint density at radius 3 is 2.81 bits per heavy atom. The summed E-state index contributed by atoms with van der Waals surface area (Å²) in [6.45, 7) is 5.28. The summed E-state index contributed by atoms with van der Waals surface area (Å²) in [7, 11) is 0. The molecule has 3 aliphatic rings. The molecule has 1 unspecified atom stereocenters. The van der Waals surface area contributed by atoms with E-state index in [1.807, 2.05) is 0 Å². The molecule has 2 N–H and O–H groups in total. The van der Waals surface area contributed by atoms with Gasteiger partial charge < -0.3 is 15.3 Å². The number of hydrogen-bond acceptors (Lipinski definition) is 6. The Morgan fingerprint density at radius 2 is 1.97 bits per heavy atom. The van der Waals surface area contributed by atoms with E-state index >= 15 is 0 Å². The highest BCUT2D eigenvalue weighted by Gasteiger charge is 2.22. The van der Waals surface area contributed by atoms with E-state index in [1.54, 1.807) is 11.8 Å². The Labute approximate surface area is 233 Å². The molecule has 3 heterocycles. The van der Waals surface area contributed by atoms with E-state index in [-0.39, 0.29) is 6.10 Å². The average molecular weight is 582 g/mol. The number of fused-ring (bicyclic) bond motifs is 1. The van der Waals surface area contributed by atoms with E-state index < -0.39 is 0 Å². The second-order valence-electron chi connectivity index (χ2n) is 10.5. The second kappa shape index (κ2) is 12.2. The number of allylic oxidation sites excluding steroid dienone is 3. The number of aliphatic imine (C=N–C) groups is 1. The van der Waals surface area contributed by atoms with Gasteiger partial charge in [-0.2, -0.15) is 0 Å². The summed E-state index contributed by atoms with van der Waals surface area (Å²) < 4.78 is 1.10. The van der Waals surface area contributed by atoms with Gasteiger partial charge in [0.1, 0.15) is 5.82 Å². The van der Waals surface area contributed by atoms with E-state index in [0.717, 1.165) is 79.1 Å². The minimum absolute atomic E-state index is 0.165. The summed E-state index contributed by atoms with van der Waals surface area (Å²) in [6.07, 6.45) is 14.4. The molecule has 7 heteroatoms. The van der Waals surface area contributed by atoms with Gasteiger partial charge in [0, 0.05) is 33.9 Å². The average Bonchev–Trinajstić information content (AvgIpc) is 3.16. The van der Waals surface area contributed by atoms with Crippen molar-refractivity contribution in [2.24, 2.45) is 4.99 Å². The Kier molecular flexibility index (Phi) is 8.73. The predicted molar refractivity (Wildman–Crippen MR) is 159 cm³/mol. The maximum Gasteiger partial charge on any atom is 0.155 e. The third kappa shape index (κ3) is 7.06. The van der Waals surface area contributed by atoms with Crippen LogP contribution in [0.3, 0.4) is 0 Å². The summed E-state index contributed by atoms with van der Waals surface area (Å²) in [6, 6.07) is 11.3. The zero-order valence-electron chi connectivity index (χ0n) is 21.8. The van der Waals surface area contributed by atoms with Crippen LogP contribution in [0.25, 0.3) is 0 Å². The largest absolute Gasteiger partial charge is 0.393 e. The molecule has 2 aliphatic heterocycles. The van der Waals surface area contributed by atoms with Gasteiger partial charge in [0.2, 0.25) is 0 Å². The maximum atomic E-state index is 9.94. The summed E-state index contributed by atoms with van der Waals surface area (Å²) in [5.41, 5.74) is 3.88. The van der Waals surface area contributed by atoms with Crippen LogP contribution in [0.5, 0.6) is 0 Å². The van der Waals surface area contributed by atoms with Crippen molar-refractivity contribution in [3.8, 4) is 0 Å². The van der Waals surface area contributed by atoms with E-state index in [0.29, 0.717) is 12.0 Å². The second-order valence-corrected chi connectivity index (χ2v) is 12.6. The monoisotopic (exact) mass is 580 g/mol. The molecule has 1 aromatic heterocycles. The van der Waals surface area contributed by atoms with E-state index in [2.05, 4.69) is 88.7 Å². The molecule has 1 saturated carbocycles. The molecular weight excluding hydrogens is 544 g/mol. The Bertz CT molecular complexity index is 1200. The molecular formula is C30H37BrN4OS. The number of halogens is 1. The standard InChI is InChI=1S/C30H37BrN4OS/c1-20-7-14-30(37-27-18-23(31)8-13-26(20)27)34-29-17-22(19-35-15-5-3-4-6-21(35)2)16-28(33-29)32-24-9-11-25(36)12-10-24/h5-6,8,13,15-18,20,24-25,36H,3-4,7,9-12,14,19H2,1-2H3,(H,32,33). The number of aromatic nitrogens is 1. The summed E-state index contributed by atoms with van der Waals surface area (Å²) >= 11 is 5.42. The molecule has 5 nitrogen and oxygen atoms in total. The Morgan fingerprint density at radius 1 is 1.14 bits per heavy atom. The van der Waals surface area contributed by atoms with Crippen molar-refractivity contribution in [2.75, 3.05) is 5.32 Å². The molecule has 1 aromatic carbocycles. The zero-order chi connectivity index (χ0) is 25.8. The topological polar surface area (TPSA) is 60.8 Å². The number of aliphatic hydroxyl groups excluding tert-OH is 1. The lowest BCUT2D eigenvalue weighted by molar-refractivity contribution is 0.126. The van der Waals surface area contributed by atoms with Gasteiger partial charge in [0.15, 0.2) is 5.82 Å². The van der Waals surface area contributed by atoms with Gasteiger partial charge in [-0.05, 0) is 99.6 Å². The fraction of sp³-hybridized carbons (Fsp3) is 0.467. The first-order chi connectivity index (χ1) is 17.9. The van der Waals surface area contributed by atoms with Crippen LogP contribution in [0, 0.1) is 0 Å². The van der Waals surface area contributed by atoms with Gasteiger partial charge in [-0.15, -0.1) is 0 Å². The lowest BCUT2D eigenvalue weighted by Crippen LogP contribution is -2.28. The molecule has 1 aliphatic carbocycles. The lowest BCUT2D eigenvalue weighted by Gasteiger charge is -2.27. The smallest absolute Gasteiger partial charge is 0.155 e. The SMILES string of the molecule is CC1=CCCC=CN1Cc1cc(N=C2CCC(C)c3ccc(Br)cc3S2)nc(NC2CCC(O)CC2)c1. The fourth-order valence-corrected chi connectivity index (χ4v) is 7.00. The van der Waals surface area contributed by atoms with Crippen LogP contribution in [0.1, 0.15) is 82.3 Å². The number of pyridine rings is 1. The van der Waals surface area contributed by atoms with Crippen LogP contribution < -0.4 is 5.32 Å². The molecule has 0 saturated heterocycles. The van der Waals surface area contributed by atoms with E-state index in [9.17, 15) is 5.11 Å². The van der Waals surface area contributed by atoms with Crippen molar-refractivity contribution in [1.29, 1.82) is 0 Å².